The smallest absolute Gasteiger partial charge is 0.264 e. The molecule has 5 nitrogen and oxygen atoms in total. The number of amides is 1. The molecule has 0 spiro atoms. The molecule has 28 heavy (non-hydrogen) atoms. The van der Waals surface area contributed by atoms with Crippen molar-refractivity contribution >= 4 is 28.8 Å². The quantitative estimate of drug-likeness (QED) is 0.538. The molecule has 0 aliphatic rings. The van der Waals surface area contributed by atoms with Crippen LogP contribution in [0.4, 0.5) is 0 Å². The van der Waals surface area contributed by atoms with Gasteiger partial charge in [0.1, 0.15) is 12.4 Å². The molecule has 0 aliphatic carbocycles. The number of benzene rings is 1. The third-order valence-corrected chi connectivity index (χ3v) is 5.68. The number of carbonyl (C=O) groups is 1. The predicted molar refractivity (Wildman–Crippen MR) is 113 cm³/mol. The molecule has 7 heteroatoms. The van der Waals surface area contributed by atoms with Gasteiger partial charge in [0.15, 0.2) is 0 Å². The zero-order valence-corrected chi connectivity index (χ0v) is 18.1. The van der Waals surface area contributed by atoms with Crippen LogP contribution in [0.5, 0.6) is 5.75 Å². The Kier molecular flexibility index (Phi) is 6.42. The van der Waals surface area contributed by atoms with Crippen LogP contribution >= 0.6 is 22.9 Å². The molecule has 0 unspecified atom stereocenters. The highest BCUT2D eigenvalue weighted by Gasteiger charge is 2.18. The Morgan fingerprint density at radius 3 is 2.64 bits per heavy atom. The molecule has 0 fully saturated rings. The maximum Gasteiger partial charge on any atom is 0.264 e. The maximum atomic E-state index is 12.8. The van der Waals surface area contributed by atoms with Crippen LogP contribution in [0.25, 0.3) is 0 Å². The lowest BCUT2D eigenvalue weighted by Gasteiger charge is -2.17. The summed E-state index contributed by atoms with van der Waals surface area (Å²) in [5, 5.41) is 6.77. The minimum absolute atomic E-state index is 0.0393. The Bertz CT molecular complexity index is 960. The summed E-state index contributed by atoms with van der Waals surface area (Å²) >= 11 is 7.64. The van der Waals surface area contributed by atoms with Crippen molar-refractivity contribution in [1.82, 2.24) is 14.7 Å². The summed E-state index contributed by atoms with van der Waals surface area (Å²) in [5.41, 5.74) is 4.16. The SMILES string of the molecule is CCn1ncc(Cl)c1CN(C)C(=O)c1cc(COc2cc(C)cc(C)c2)cs1. The van der Waals surface area contributed by atoms with Gasteiger partial charge in [0.05, 0.1) is 28.3 Å². The number of hydrogen-bond donors (Lipinski definition) is 0. The van der Waals surface area contributed by atoms with Gasteiger partial charge < -0.3 is 9.64 Å². The van der Waals surface area contributed by atoms with Crippen molar-refractivity contribution in [2.45, 2.75) is 40.5 Å². The van der Waals surface area contributed by atoms with E-state index in [1.807, 2.05) is 49.0 Å². The number of rotatable bonds is 7. The average molecular weight is 418 g/mol. The molecule has 3 rings (SSSR count). The summed E-state index contributed by atoms with van der Waals surface area (Å²) in [6.45, 7) is 7.66. The van der Waals surface area contributed by atoms with E-state index in [-0.39, 0.29) is 5.91 Å². The zero-order chi connectivity index (χ0) is 20.3. The first-order valence-electron chi connectivity index (χ1n) is 9.11. The van der Waals surface area contributed by atoms with Gasteiger partial charge in [-0.15, -0.1) is 11.3 Å². The van der Waals surface area contributed by atoms with Crippen molar-refractivity contribution in [3.63, 3.8) is 0 Å². The highest BCUT2D eigenvalue weighted by atomic mass is 35.5. The van der Waals surface area contributed by atoms with Crippen LogP contribution in [0, 0.1) is 13.8 Å². The van der Waals surface area contributed by atoms with Crippen molar-refractivity contribution in [3.05, 3.63) is 68.1 Å². The lowest BCUT2D eigenvalue weighted by molar-refractivity contribution is 0.0786. The van der Waals surface area contributed by atoms with Gasteiger partial charge >= 0.3 is 0 Å². The van der Waals surface area contributed by atoms with E-state index in [0.717, 1.165) is 17.0 Å². The number of hydrogen-bond acceptors (Lipinski definition) is 4. The average Bonchev–Trinajstić information content (AvgIpc) is 3.26. The van der Waals surface area contributed by atoms with Crippen LogP contribution in [0.1, 0.15) is 39.0 Å². The zero-order valence-electron chi connectivity index (χ0n) is 16.5. The summed E-state index contributed by atoms with van der Waals surface area (Å²) in [4.78, 5) is 15.1. The number of nitrogens with zero attached hydrogens (tertiary/aromatic N) is 3. The number of aryl methyl sites for hydroxylation is 3. The van der Waals surface area contributed by atoms with E-state index < -0.39 is 0 Å². The molecule has 1 amide bonds. The monoisotopic (exact) mass is 417 g/mol. The fourth-order valence-electron chi connectivity index (χ4n) is 3.05. The van der Waals surface area contributed by atoms with Crippen LogP contribution in [0.15, 0.2) is 35.8 Å². The molecule has 148 valence electrons. The number of carbonyl (C=O) groups excluding carboxylic acids is 1. The van der Waals surface area contributed by atoms with E-state index in [0.29, 0.717) is 29.6 Å². The molecule has 2 heterocycles. The summed E-state index contributed by atoms with van der Waals surface area (Å²) in [5.74, 6) is 0.804. The Labute approximate surface area is 174 Å². The third-order valence-electron chi connectivity index (χ3n) is 4.40. The second-order valence-electron chi connectivity index (χ2n) is 6.85. The van der Waals surface area contributed by atoms with Crippen molar-refractivity contribution in [2.75, 3.05) is 7.05 Å². The Balaban J connectivity index is 1.63. The minimum Gasteiger partial charge on any atom is -0.489 e. The van der Waals surface area contributed by atoms with Crippen molar-refractivity contribution in [1.29, 1.82) is 0 Å². The van der Waals surface area contributed by atoms with E-state index in [9.17, 15) is 4.79 Å². The molecule has 1 aromatic carbocycles. The molecule has 0 saturated heterocycles. The van der Waals surface area contributed by atoms with E-state index in [1.54, 1.807) is 18.1 Å². The van der Waals surface area contributed by atoms with E-state index in [4.69, 9.17) is 16.3 Å². The van der Waals surface area contributed by atoms with Crippen LogP contribution in [-0.2, 0) is 19.7 Å². The molecule has 2 aromatic heterocycles. The molecule has 0 N–H and O–H groups in total. The Morgan fingerprint density at radius 1 is 1.25 bits per heavy atom. The molecule has 0 radical (unpaired) electrons. The first kappa shape index (κ1) is 20.4. The number of aromatic nitrogens is 2. The van der Waals surface area contributed by atoms with Crippen LogP contribution in [0.2, 0.25) is 5.02 Å². The minimum atomic E-state index is -0.0393. The molecular formula is C21H24ClN3O2S. The molecule has 0 atom stereocenters. The normalized spacial score (nSPS) is 10.9. The highest BCUT2D eigenvalue weighted by Crippen LogP contribution is 2.22. The topological polar surface area (TPSA) is 47.4 Å². The summed E-state index contributed by atoms with van der Waals surface area (Å²) in [7, 11) is 1.77. The van der Waals surface area contributed by atoms with Gasteiger partial charge in [-0.1, -0.05) is 17.7 Å². The van der Waals surface area contributed by atoms with Gasteiger partial charge in [-0.05, 0) is 55.5 Å². The molecule has 0 aliphatic heterocycles. The highest BCUT2D eigenvalue weighted by molar-refractivity contribution is 7.12. The molecule has 0 bridgehead atoms. The van der Waals surface area contributed by atoms with Gasteiger partial charge in [0.25, 0.3) is 5.91 Å². The summed E-state index contributed by atoms with van der Waals surface area (Å²) in [6, 6.07) is 8.03. The second kappa shape index (κ2) is 8.80. The van der Waals surface area contributed by atoms with E-state index in [1.165, 1.54) is 22.5 Å². The van der Waals surface area contributed by atoms with Gasteiger partial charge in [-0.25, -0.2) is 0 Å². The van der Waals surface area contributed by atoms with E-state index >= 15 is 0 Å². The van der Waals surface area contributed by atoms with Crippen molar-refractivity contribution < 1.29 is 9.53 Å². The lowest BCUT2D eigenvalue weighted by atomic mass is 10.1. The fourth-order valence-corrected chi connectivity index (χ4v) is 4.14. The van der Waals surface area contributed by atoms with Gasteiger partial charge in [-0.2, -0.15) is 5.10 Å². The van der Waals surface area contributed by atoms with Gasteiger partial charge in [0.2, 0.25) is 0 Å². The molecule has 0 saturated carbocycles. The molecule has 3 aromatic rings. The summed E-state index contributed by atoms with van der Waals surface area (Å²) in [6.07, 6.45) is 1.62. The largest absolute Gasteiger partial charge is 0.489 e. The van der Waals surface area contributed by atoms with E-state index in [2.05, 4.69) is 11.2 Å². The third kappa shape index (κ3) is 4.75. The number of thiophene rings is 1. The first-order valence-corrected chi connectivity index (χ1v) is 10.4. The van der Waals surface area contributed by atoms with Crippen LogP contribution in [0.3, 0.4) is 0 Å². The van der Waals surface area contributed by atoms with Crippen molar-refractivity contribution in [3.8, 4) is 5.75 Å². The Hall–Kier alpha value is -2.31. The second-order valence-corrected chi connectivity index (χ2v) is 8.17. The number of halogens is 1. The fraction of sp³-hybridized carbons (Fsp3) is 0.333. The van der Waals surface area contributed by atoms with Crippen LogP contribution < -0.4 is 4.74 Å². The first-order chi connectivity index (χ1) is 13.4. The maximum absolute atomic E-state index is 12.8. The summed E-state index contributed by atoms with van der Waals surface area (Å²) < 4.78 is 7.70. The predicted octanol–water partition coefficient (Wildman–Crippen LogP) is 5.09. The Morgan fingerprint density at radius 2 is 1.96 bits per heavy atom. The molecular weight excluding hydrogens is 394 g/mol. The van der Waals surface area contributed by atoms with Gasteiger partial charge in [0, 0.05) is 19.2 Å². The van der Waals surface area contributed by atoms with Gasteiger partial charge in [-0.3, -0.25) is 9.48 Å². The lowest BCUT2D eigenvalue weighted by Crippen LogP contribution is -2.27. The standard InChI is InChI=1S/C21H24ClN3O2S/c1-5-25-19(18(22)10-23-25)11-24(4)21(26)20-9-16(13-28-20)12-27-17-7-14(2)6-15(3)8-17/h6-10,13H,5,11-12H2,1-4H3. The van der Waals surface area contributed by atoms with Crippen LogP contribution in [-0.4, -0.2) is 27.6 Å². The van der Waals surface area contributed by atoms with Crippen molar-refractivity contribution in [2.24, 2.45) is 0 Å². The number of ether oxygens (including phenoxy) is 1.